The summed E-state index contributed by atoms with van der Waals surface area (Å²) in [5.41, 5.74) is 5.39. The van der Waals surface area contributed by atoms with Gasteiger partial charge in [-0.2, -0.15) is 0 Å². The maximum Gasteiger partial charge on any atom is 0.330 e. The smallest absolute Gasteiger partial charge is 0.330 e. The van der Waals surface area contributed by atoms with Gasteiger partial charge in [-0.05, 0) is 0 Å². The molecular formula is C9H12N5O5+. The first-order valence-electron chi connectivity index (χ1n) is 5.41. The van der Waals surface area contributed by atoms with Crippen LogP contribution in [0.15, 0.2) is 27.0 Å². The van der Waals surface area contributed by atoms with E-state index >= 15 is 0 Å². The highest BCUT2D eigenvalue weighted by Gasteiger charge is 2.48. The molecule has 0 aromatic carbocycles. The molecule has 1 aliphatic rings. The number of nitrogens with zero attached hydrogens (tertiary/aromatic N) is 3. The molecule has 10 heteroatoms. The van der Waals surface area contributed by atoms with E-state index in [1.54, 1.807) is 0 Å². The van der Waals surface area contributed by atoms with Gasteiger partial charge in [-0.3, -0.25) is 14.3 Å². The van der Waals surface area contributed by atoms with E-state index in [4.69, 9.17) is 15.4 Å². The lowest BCUT2D eigenvalue weighted by atomic mass is 10.1. The molecule has 4 atom stereocenters. The number of hydrogen-bond donors (Lipinski definition) is 4. The van der Waals surface area contributed by atoms with Crippen LogP contribution >= 0.6 is 0 Å². The predicted molar refractivity (Wildman–Crippen MR) is 59.4 cm³/mol. The number of aliphatic hydroxyl groups is 2. The number of ether oxygens (including phenoxy) is 1. The van der Waals surface area contributed by atoms with E-state index in [9.17, 15) is 14.7 Å². The Balaban J connectivity index is 2.44. The molecule has 102 valence electrons. The average molecular weight is 270 g/mol. The van der Waals surface area contributed by atoms with Crippen LogP contribution in [0.1, 0.15) is 6.23 Å². The van der Waals surface area contributed by atoms with Crippen molar-refractivity contribution in [2.24, 2.45) is 5.11 Å². The van der Waals surface area contributed by atoms with E-state index in [1.165, 1.54) is 6.20 Å². The van der Waals surface area contributed by atoms with E-state index in [2.05, 4.69) is 10.0 Å². The van der Waals surface area contributed by atoms with Crippen LogP contribution in [0.4, 0.5) is 0 Å². The van der Waals surface area contributed by atoms with E-state index in [1.807, 2.05) is 4.98 Å². The molecular weight excluding hydrogens is 258 g/mol. The molecule has 0 aliphatic carbocycles. The summed E-state index contributed by atoms with van der Waals surface area (Å²) < 4.78 is 6.31. The molecule has 1 fully saturated rings. The zero-order valence-electron chi connectivity index (χ0n) is 9.63. The van der Waals surface area contributed by atoms with Gasteiger partial charge in [-0.25, -0.2) is 4.79 Å². The van der Waals surface area contributed by atoms with Crippen LogP contribution in [-0.4, -0.2) is 44.6 Å². The average Bonchev–Trinajstić information content (AvgIpc) is 2.68. The lowest BCUT2D eigenvalue weighted by Gasteiger charge is -2.14. The molecule has 0 amide bonds. The van der Waals surface area contributed by atoms with Crippen LogP contribution in [0.5, 0.6) is 0 Å². The fourth-order valence-electron chi connectivity index (χ4n) is 1.93. The summed E-state index contributed by atoms with van der Waals surface area (Å²) in [6.07, 6.45) is -2.02. The summed E-state index contributed by atoms with van der Waals surface area (Å²) in [7, 11) is 0. The van der Waals surface area contributed by atoms with Crippen molar-refractivity contribution < 1.29 is 14.9 Å². The lowest BCUT2D eigenvalue weighted by molar-refractivity contribution is -0.0465. The van der Waals surface area contributed by atoms with Crippen LogP contribution in [0.3, 0.4) is 0 Å². The van der Waals surface area contributed by atoms with Crippen LogP contribution in [-0.2, 0) is 4.74 Å². The third-order valence-corrected chi connectivity index (χ3v) is 2.83. The molecule has 0 bridgehead atoms. The van der Waals surface area contributed by atoms with Gasteiger partial charge in [0.1, 0.15) is 22.9 Å². The molecule has 4 unspecified atom stereocenters. The molecule has 2 rings (SSSR count). The fraction of sp³-hybridized carbons (Fsp3) is 0.556. The van der Waals surface area contributed by atoms with Crippen molar-refractivity contribution in [2.45, 2.75) is 24.5 Å². The largest absolute Gasteiger partial charge is 0.394 e. The number of aromatic amines is 1. The van der Waals surface area contributed by atoms with Crippen LogP contribution in [0, 0.1) is 5.53 Å². The fourth-order valence-corrected chi connectivity index (χ4v) is 1.93. The quantitative estimate of drug-likeness (QED) is 0.359. The minimum atomic E-state index is -1.21. The van der Waals surface area contributed by atoms with Crippen LogP contribution < -0.4 is 16.2 Å². The Morgan fingerprint density at radius 1 is 1.58 bits per heavy atom. The minimum absolute atomic E-state index is 0.472. The summed E-state index contributed by atoms with van der Waals surface area (Å²) >= 11 is 0. The molecule has 0 saturated carbocycles. The third-order valence-electron chi connectivity index (χ3n) is 2.83. The molecule has 0 radical (unpaired) electrons. The van der Waals surface area contributed by atoms with Crippen molar-refractivity contribution >= 4 is 0 Å². The summed E-state index contributed by atoms with van der Waals surface area (Å²) in [4.78, 5) is 27.5. The van der Waals surface area contributed by atoms with Gasteiger partial charge in [0, 0.05) is 12.3 Å². The van der Waals surface area contributed by atoms with Crippen molar-refractivity contribution in [3.05, 3.63) is 33.1 Å². The molecule has 1 aromatic heterocycles. The maximum atomic E-state index is 11.6. The third kappa shape index (κ3) is 2.37. The van der Waals surface area contributed by atoms with Gasteiger partial charge < -0.3 is 14.9 Å². The van der Waals surface area contributed by atoms with E-state index in [0.717, 1.165) is 10.6 Å². The predicted octanol–water partition coefficient (Wildman–Crippen LogP) is -2.29. The van der Waals surface area contributed by atoms with Crippen molar-refractivity contribution in [3.8, 4) is 0 Å². The van der Waals surface area contributed by atoms with Crippen LogP contribution in [0.25, 0.3) is 0 Å². The summed E-state index contributed by atoms with van der Waals surface area (Å²) in [6, 6.07) is 0.0939. The van der Waals surface area contributed by atoms with Gasteiger partial charge in [0.15, 0.2) is 6.23 Å². The Hall–Kier alpha value is -2.13. The number of nitrogens with one attached hydrogen (secondary N) is 2. The van der Waals surface area contributed by atoms with Gasteiger partial charge in [-0.1, -0.05) is 0 Å². The first kappa shape index (κ1) is 13.3. The second-order valence-electron chi connectivity index (χ2n) is 3.96. The molecule has 4 N–H and O–H groups in total. The van der Waals surface area contributed by atoms with Crippen molar-refractivity contribution in [2.75, 3.05) is 6.61 Å². The van der Waals surface area contributed by atoms with E-state index in [-0.39, 0.29) is 0 Å². The normalized spacial score (nSPS) is 30.0. The van der Waals surface area contributed by atoms with E-state index < -0.39 is 42.3 Å². The first-order chi connectivity index (χ1) is 9.08. The Labute approximate surface area is 105 Å². The minimum Gasteiger partial charge on any atom is -0.394 e. The zero-order valence-corrected chi connectivity index (χ0v) is 9.63. The standard InChI is InChI=1S/C9H11N5O5/c10-13-12-6-7(17)4(3-15)19-8(6)14-2-1-5(16)11-9(14)18/h1-2,4,6-8,10,15,17H,3H2/p+1. The summed E-state index contributed by atoms with van der Waals surface area (Å²) in [5.74, 6) is 0. The van der Waals surface area contributed by atoms with Gasteiger partial charge in [0.2, 0.25) is 11.0 Å². The Bertz CT molecular complexity index is 618. The van der Waals surface area contributed by atoms with E-state index in [0.29, 0.717) is 0 Å². The highest BCUT2D eigenvalue weighted by atomic mass is 16.5. The number of H-pyrrole nitrogens is 1. The maximum absolute atomic E-state index is 11.6. The van der Waals surface area contributed by atoms with Gasteiger partial charge in [0.05, 0.1) is 6.61 Å². The first-order valence-corrected chi connectivity index (χ1v) is 5.41. The molecule has 0 spiro atoms. The number of aromatic nitrogens is 2. The Kier molecular flexibility index (Phi) is 3.67. The zero-order chi connectivity index (χ0) is 14.0. The molecule has 19 heavy (non-hydrogen) atoms. The van der Waals surface area contributed by atoms with Crippen LogP contribution in [0.2, 0.25) is 0 Å². The van der Waals surface area contributed by atoms with Gasteiger partial charge in [0.25, 0.3) is 5.56 Å². The summed E-state index contributed by atoms with van der Waals surface area (Å²) in [6.45, 7) is -0.472. The van der Waals surface area contributed by atoms with Crippen molar-refractivity contribution in [1.82, 2.24) is 14.5 Å². The monoisotopic (exact) mass is 270 g/mol. The van der Waals surface area contributed by atoms with Crippen molar-refractivity contribution in [3.63, 3.8) is 0 Å². The van der Waals surface area contributed by atoms with Gasteiger partial charge >= 0.3 is 5.69 Å². The number of rotatable bonds is 3. The highest BCUT2D eigenvalue weighted by Crippen LogP contribution is 2.30. The highest BCUT2D eigenvalue weighted by molar-refractivity contribution is 4.95. The molecule has 1 aliphatic heterocycles. The van der Waals surface area contributed by atoms with Crippen molar-refractivity contribution in [1.29, 1.82) is 5.53 Å². The molecule has 1 saturated heterocycles. The summed E-state index contributed by atoms with van der Waals surface area (Å²) in [5, 5.41) is 22.4. The van der Waals surface area contributed by atoms with Gasteiger partial charge in [-0.15, -0.1) is 0 Å². The number of aliphatic hydroxyl groups excluding tert-OH is 2. The number of hydrogen-bond acceptors (Lipinski definition) is 7. The second kappa shape index (κ2) is 5.24. The molecule has 10 nitrogen and oxygen atoms in total. The second-order valence-corrected chi connectivity index (χ2v) is 3.96. The Morgan fingerprint density at radius 2 is 2.32 bits per heavy atom. The molecule has 2 heterocycles. The topological polar surface area (TPSA) is 155 Å². The lowest BCUT2D eigenvalue weighted by Crippen LogP contribution is -2.36. The molecule has 1 aromatic rings. The Morgan fingerprint density at radius 3 is 2.89 bits per heavy atom. The SMILES string of the molecule is N=[N+]=NC1C(O)C(CO)OC1n1ccc(=O)[nH]c1=O.